The van der Waals surface area contributed by atoms with Crippen LogP contribution in [-0.2, 0) is 14.3 Å². The number of ether oxygens (including phenoxy) is 1. The van der Waals surface area contributed by atoms with Gasteiger partial charge in [-0.1, -0.05) is 41.9 Å². The molecule has 7 nitrogen and oxygen atoms in total. The highest BCUT2D eigenvalue weighted by molar-refractivity contribution is 6.32. The second kappa shape index (κ2) is 8.60. The van der Waals surface area contributed by atoms with E-state index >= 15 is 0 Å². The van der Waals surface area contributed by atoms with E-state index in [1.807, 2.05) is 0 Å². The van der Waals surface area contributed by atoms with Gasteiger partial charge in [-0.3, -0.25) is 14.9 Å². The highest BCUT2D eigenvalue weighted by Crippen LogP contribution is 2.22. The van der Waals surface area contributed by atoms with Crippen molar-refractivity contribution in [3.05, 3.63) is 75.3 Å². The number of benzene rings is 2. The predicted molar refractivity (Wildman–Crippen MR) is 93.2 cm³/mol. The number of halogens is 1. The number of hydrogen-bond acceptors (Lipinski definition) is 5. The molecule has 1 N–H and O–H groups in total. The number of nitro benzene ring substituents is 1. The second-order valence-corrected chi connectivity index (χ2v) is 5.19. The fourth-order valence-electron chi connectivity index (χ4n) is 1.88. The maximum Gasteiger partial charge on any atom is 0.331 e. The molecule has 25 heavy (non-hydrogen) atoms. The molecule has 0 atom stereocenters. The van der Waals surface area contributed by atoms with Gasteiger partial charge in [-0.2, -0.15) is 0 Å². The lowest BCUT2D eigenvalue weighted by atomic mass is 10.2. The Morgan fingerprint density at radius 2 is 1.84 bits per heavy atom. The van der Waals surface area contributed by atoms with Crippen LogP contribution in [0.25, 0.3) is 6.08 Å². The summed E-state index contributed by atoms with van der Waals surface area (Å²) >= 11 is 5.94. The topological polar surface area (TPSA) is 98.5 Å². The van der Waals surface area contributed by atoms with Gasteiger partial charge in [0, 0.05) is 17.2 Å². The first-order valence-corrected chi connectivity index (χ1v) is 7.48. The van der Waals surface area contributed by atoms with Crippen LogP contribution in [0.5, 0.6) is 0 Å². The first-order valence-electron chi connectivity index (χ1n) is 7.10. The van der Waals surface area contributed by atoms with Crippen molar-refractivity contribution < 1.29 is 19.2 Å². The van der Waals surface area contributed by atoms with Crippen LogP contribution < -0.4 is 5.32 Å². The largest absolute Gasteiger partial charge is 0.452 e. The van der Waals surface area contributed by atoms with Crippen LogP contribution in [0.3, 0.4) is 0 Å². The summed E-state index contributed by atoms with van der Waals surface area (Å²) in [5, 5.41) is 13.7. The van der Waals surface area contributed by atoms with Gasteiger partial charge in [-0.15, -0.1) is 0 Å². The zero-order valence-electron chi connectivity index (χ0n) is 12.8. The van der Waals surface area contributed by atoms with Gasteiger partial charge >= 0.3 is 5.97 Å². The van der Waals surface area contributed by atoms with Gasteiger partial charge in [0.15, 0.2) is 6.61 Å². The molecular weight excluding hydrogens is 348 g/mol. The van der Waals surface area contributed by atoms with Crippen LogP contribution in [-0.4, -0.2) is 23.4 Å². The SMILES string of the molecule is O=C(COC(=O)/C=C/c1ccccc1Cl)Nc1ccccc1[N+](=O)[O-]. The van der Waals surface area contributed by atoms with E-state index in [4.69, 9.17) is 16.3 Å². The quantitative estimate of drug-likeness (QED) is 0.368. The molecule has 0 aliphatic carbocycles. The van der Waals surface area contributed by atoms with Gasteiger partial charge in [-0.25, -0.2) is 4.79 Å². The van der Waals surface area contributed by atoms with E-state index in [-0.39, 0.29) is 11.4 Å². The average molecular weight is 361 g/mol. The molecule has 0 fully saturated rings. The van der Waals surface area contributed by atoms with Crippen LogP contribution in [0.15, 0.2) is 54.6 Å². The monoisotopic (exact) mass is 360 g/mol. The molecule has 0 saturated heterocycles. The summed E-state index contributed by atoms with van der Waals surface area (Å²) in [4.78, 5) is 33.6. The fourth-order valence-corrected chi connectivity index (χ4v) is 2.08. The summed E-state index contributed by atoms with van der Waals surface area (Å²) in [5.74, 6) is -1.42. The minimum Gasteiger partial charge on any atom is -0.452 e. The number of carbonyl (C=O) groups excluding carboxylic acids is 2. The normalized spacial score (nSPS) is 10.4. The van der Waals surface area contributed by atoms with Gasteiger partial charge in [-0.05, 0) is 23.8 Å². The molecule has 0 aliphatic heterocycles. The van der Waals surface area contributed by atoms with Crippen molar-refractivity contribution in [2.45, 2.75) is 0 Å². The molecule has 2 aromatic carbocycles. The molecule has 0 saturated carbocycles. The molecule has 2 aromatic rings. The fraction of sp³-hybridized carbons (Fsp3) is 0.0588. The van der Waals surface area contributed by atoms with Gasteiger partial charge in [0.25, 0.3) is 11.6 Å². The number of amides is 1. The summed E-state index contributed by atoms with van der Waals surface area (Å²) in [6, 6.07) is 12.6. The van der Waals surface area contributed by atoms with E-state index in [0.29, 0.717) is 10.6 Å². The van der Waals surface area contributed by atoms with Crippen molar-refractivity contribution in [3.8, 4) is 0 Å². The Labute approximate surface area is 148 Å². The second-order valence-electron chi connectivity index (χ2n) is 4.78. The third kappa shape index (κ3) is 5.43. The standard InChI is InChI=1S/C17H13ClN2O5/c18-13-6-2-1-5-12(13)9-10-17(22)25-11-16(21)19-14-7-3-4-8-15(14)20(23)24/h1-10H,11H2,(H,19,21)/b10-9+. The van der Waals surface area contributed by atoms with Gasteiger partial charge in [0.05, 0.1) is 4.92 Å². The molecule has 0 aromatic heterocycles. The van der Waals surface area contributed by atoms with Crippen molar-refractivity contribution >= 4 is 40.9 Å². The molecule has 0 spiro atoms. The van der Waals surface area contributed by atoms with E-state index in [2.05, 4.69) is 5.32 Å². The molecule has 0 radical (unpaired) electrons. The molecular formula is C17H13ClN2O5. The Morgan fingerprint density at radius 3 is 2.56 bits per heavy atom. The van der Waals surface area contributed by atoms with E-state index in [1.165, 1.54) is 24.3 Å². The van der Waals surface area contributed by atoms with Gasteiger partial charge < -0.3 is 10.1 Å². The lowest BCUT2D eigenvalue weighted by molar-refractivity contribution is -0.383. The van der Waals surface area contributed by atoms with E-state index in [0.717, 1.165) is 6.08 Å². The Balaban J connectivity index is 1.89. The lowest BCUT2D eigenvalue weighted by Crippen LogP contribution is -2.20. The van der Waals surface area contributed by atoms with Crippen molar-refractivity contribution in [3.63, 3.8) is 0 Å². The van der Waals surface area contributed by atoms with Gasteiger partial charge in [0.1, 0.15) is 5.69 Å². The summed E-state index contributed by atoms with van der Waals surface area (Å²) in [6.07, 6.45) is 2.60. The van der Waals surface area contributed by atoms with Crippen molar-refractivity contribution in [1.82, 2.24) is 0 Å². The molecule has 1 amide bonds. The van der Waals surface area contributed by atoms with Crippen LogP contribution >= 0.6 is 11.6 Å². The number of esters is 1. The number of para-hydroxylation sites is 2. The van der Waals surface area contributed by atoms with Crippen molar-refractivity contribution in [2.75, 3.05) is 11.9 Å². The Bertz CT molecular complexity index is 835. The Hall–Kier alpha value is -3.19. The first-order chi connectivity index (χ1) is 12.0. The summed E-state index contributed by atoms with van der Waals surface area (Å²) < 4.78 is 4.79. The smallest absolute Gasteiger partial charge is 0.331 e. The minimum absolute atomic E-state index is 0.0279. The maximum atomic E-state index is 11.8. The average Bonchev–Trinajstić information content (AvgIpc) is 2.59. The van der Waals surface area contributed by atoms with Crippen LogP contribution in [0.1, 0.15) is 5.56 Å². The molecule has 8 heteroatoms. The first kappa shape index (κ1) is 18.2. The molecule has 0 unspecified atom stereocenters. The Kier molecular flexibility index (Phi) is 6.25. The van der Waals surface area contributed by atoms with E-state index in [1.54, 1.807) is 30.3 Å². The Morgan fingerprint density at radius 1 is 1.16 bits per heavy atom. The minimum atomic E-state index is -0.738. The van der Waals surface area contributed by atoms with Gasteiger partial charge in [0.2, 0.25) is 0 Å². The zero-order valence-corrected chi connectivity index (χ0v) is 13.6. The number of nitrogens with one attached hydrogen (secondary N) is 1. The lowest BCUT2D eigenvalue weighted by Gasteiger charge is -2.05. The maximum absolute atomic E-state index is 11.8. The van der Waals surface area contributed by atoms with E-state index in [9.17, 15) is 19.7 Å². The third-order valence-electron chi connectivity index (χ3n) is 3.02. The van der Waals surface area contributed by atoms with Crippen LogP contribution in [0.2, 0.25) is 5.02 Å². The predicted octanol–water partition coefficient (Wildman–Crippen LogP) is 3.44. The van der Waals surface area contributed by atoms with Crippen molar-refractivity contribution in [1.29, 1.82) is 0 Å². The number of hydrogen-bond donors (Lipinski definition) is 1. The number of carbonyl (C=O) groups is 2. The summed E-state index contributed by atoms with van der Waals surface area (Å²) in [6.45, 7) is -0.572. The van der Waals surface area contributed by atoms with Crippen LogP contribution in [0.4, 0.5) is 11.4 Å². The number of nitrogens with zero attached hydrogens (tertiary/aromatic N) is 1. The molecule has 128 valence electrons. The summed E-state index contributed by atoms with van der Waals surface area (Å²) in [7, 11) is 0. The molecule has 0 bridgehead atoms. The number of nitro groups is 1. The van der Waals surface area contributed by atoms with Crippen molar-refractivity contribution in [2.24, 2.45) is 0 Å². The number of rotatable bonds is 6. The van der Waals surface area contributed by atoms with Crippen LogP contribution in [0, 0.1) is 10.1 Å². The zero-order chi connectivity index (χ0) is 18.2. The molecule has 0 aliphatic rings. The molecule has 2 rings (SSSR count). The highest BCUT2D eigenvalue weighted by Gasteiger charge is 2.15. The highest BCUT2D eigenvalue weighted by atomic mass is 35.5. The van der Waals surface area contributed by atoms with E-state index < -0.39 is 23.4 Å². The third-order valence-corrected chi connectivity index (χ3v) is 3.37. The molecule has 0 heterocycles. The number of anilines is 1. The summed E-state index contributed by atoms with van der Waals surface area (Å²) in [5.41, 5.74) is 0.409.